The van der Waals surface area contributed by atoms with E-state index >= 15 is 0 Å². The molecule has 43 heavy (non-hydrogen) atoms. The quantitative estimate of drug-likeness (QED) is 0.226. The van der Waals surface area contributed by atoms with Crippen LogP contribution in [0.5, 0.6) is 5.75 Å². The molecule has 2 saturated heterocycles. The number of aromatic nitrogens is 3. The molecule has 2 unspecified atom stereocenters. The molecule has 8 nitrogen and oxygen atoms in total. The maximum atomic E-state index is 12.8. The summed E-state index contributed by atoms with van der Waals surface area (Å²) < 4.78 is 59.1. The molecule has 0 radical (unpaired) electrons. The summed E-state index contributed by atoms with van der Waals surface area (Å²) in [5.41, 5.74) is 0.960. The maximum Gasteiger partial charge on any atom is 0.417 e. The van der Waals surface area contributed by atoms with Crippen molar-refractivity contribution in [3.8, 4) is 5.75 Å². The van der Waals surface area contributed by atoms with Gasteiger partial charge in [-0.05, 0) is 48.5 Å². The Kier molecular flexibility index (Phi) is 8.41. The number of rotatable bonds is 8. The van der Waals surface area contributed by atoms with Crippen LogP contribution >= 0.6 is 23.2 Å². The minimum absolute atomic E-state index is 0.273. The van der Waals surface area contributed by atoms with E-state index in [9.17, 15) is 13.2 Å². The van der Waals surface area contributed by atoms with Crippen LogP contribution in [-0.4, -0.2) is 60.0 Å². The topological polar surface area (TPSA) is 64.9 Å². The molecule has 0 spiro atoms. The van der Waals surface area contributed by atoms with Crippen LogP contribution in [0, 0.1) is 0 Å². The number of pyridine rings is 1. The van der Waals surface area contributed by atoms with Crippen molar-refractivity contribution in [2.75, 3.05) is 49.2 Å². The van der Waals surface area contributed by atoms with Gasteiger partial charge >= 0.3 is 6.18 Å². The van der Waals surface area contributed by atoms with E-state index < -0.39 is 17.5 Å². The molecular weight excluding hydrogens is 606 g/mol. The number of hydrogen-bond donors (Lipinski definition) is 0. The Bertz CT molecular complexity index is 1520. The maximum absolute atomic E-state index is 12.8. The van der Waals surface area contributed by atoms with Gasteiger partial charge in [-0.3, -0.25) is 0 Å². The summed E-state index contributed by atoms with van der Waals surface area (Å²) in [5.74, 6) is 0.108. The lowest BCUT2D eigenvalue weighted by atomic mass is 10.1. The molecule has 0 amide bonds. The van der Waals surface area contributed by atoms with Gasteiger partial charge in [0, 0.05) is 61.0 Å². The molecule has 0 bridgehead atoms. The van der Waals surface area contributed by atoms with E-state index in [1.807, 2.05) is 46.0 Å². The third-order valence-corrected chi connectivity index (χ3v) is 8.02. The highest BCUT2D eigenvalue weighted by atomic mass is 35.5. The predicted octanol–water partition coefficient (Wildman–Crippen LogP) is 6.28. The predicted molar refractivity (Wildman–Crippen MR) is 157 cm³/mol. The van der Waals surface area contributed by atoms with Gasteiger partial charge in [0.05, 0.1) is 30.1 Å². The van der Waals surface area contributed by atoms with Gasteiger partial charge in [-0.15, -0.1) is 0 Å². The van der Waals surface area contributed by atoms with Crippen molar-refractivity contribution in [2.24, 2.45) is 0 Å². The summed E-state index contributed by atoms with van der Waals surface area (Å²) >= 11 is 12.7. The molecule has 2 aromatic carbocycles. The summed E-state index contributed by atoms with van der Waals surface area (Å²) in [6.45, 7) is 3.65. The summed E-state index contributed by atoms with van der Waals surface area (Å²) in [6, 6.07) is 15.5. The molecule has 2 atom stereocenters. The Morgan fingerprint density at radius 1 is 0.977 bits per heavy atom. The van der Waals surface area contributed by atoms with E-state index in [2.05, 4.69) is 14.9 Å². The second-order valence-electron chi connectivity index (χ2n) is 10.3. The van der Waals surface area contributed by atoms with Gasteiger partial charge in [-0.1, -0.05) is 29.3 Å². The SMILES string of the molecule is FC(F)(F)c1ccc(N2CCN(c3ccc(OCC4COC(Cn5ccnc5)(c5ccc(Cl)cc5Cl)O4)cc3)CC2)nc1. The van der Waals surface area contributed by atoms with Crippen LogP contribution in [-0.2, 0) is 28.0 Å². The number of anilines is 2. The van der Waals surface area contributed by atoms with Crippen molar-refractivity contribution >= 4 is 34.7 Å². The summed E-state index contributed by atoms with van der Waals surface area (Å²) in [4.78, 5) is 12.3. The Balaban J connectivity index is 1.04. The standard InChI is InChI=1S/C30H28Cl2F3N5O3/c31-22-2-7-26(27(32)15-22)29(19-38-10-9-36-20-38)42-18-25(43-29)17-41-24-5-3-23(4-6-24)39-11-13-40(14-12-39)28-8-1-21(16-37-28)30(33,34)35/h1-10,15-16,20,25H,11-14,17-19H2. The number of piperazine rings is 1. The monoisotopic (exact) mass is 633 g/mol. The summed E-state index contributed by atoms with van der Waals surface area (Å²) in [6.07, 6.45) is 1.35. The van der Waals surface area contributed by atoms with Crippen LogP contribution in [0.1, 0.15) is 11.1 Å². The largest absolute Gasteiger partial charge is 0.491 e. The van der Waals surface area contributed by atoms with Gasteiger partial charge in [-0.25, -0.2) is 9.97 Å². The first kappa shape index (κ1) is 29.6. The Labute approximate surface area is 256 Å². The fourth-order valence-corrected chi connectivity index (χ4v) is 5.80. The van der Waals surface area contributed by atoms with Gasteiger partial charge in [-0.2, -0.15) is 13.2 Å². The molecule has 0 saturated carbocycles. The first-order valence-corrected chi connectivity index (χ1v) is 14.4. The highest BCUT2D eigenvalue weighted by Gasteiger charge is 2.45. The lowest BCUT2D eigenvalue weighted by Crippen LogP contribution is -2.46. The Morgan fingerprint density at radius 2 is 1.74 bits per heavy atom. The summed E-state index contributed by atoms with van der Waals surface area (Å²) in [5, 5.41) is 0.965. The number of benzene rings is 2. The van der Waals surface area contributed by atoms with E-state index in [0.717, 1.165) is 18.0 Å². The van der Waals surface area contributed by atoms with Gasteiger partial charge in [0.2, 0.25) is 5.79 Å². The van der Waals surface area contributed by atoms with Crippen LogP contribution in [0.3, 0.4) is 0 Å². The Morgan fingerprint density at radius 3 is 2.40 bits per heavy atom. The lowest BCUT2D eigenvalue weighted by Gasteiger charge is -2.36. The van der Waals surface area contributed by atoms with Gasteiger partial charge in [0.1, 0.15) is 24.3 Å². The van der Waals surface area contributed by atoms with Crippen molar-refractivity contribution in [1.29, 1.82) is 0 Å². The molecular formula is C30H28Cl2F3N5O3. The molecule has 0 aliphatic carbocycles. The van der Waals surface area contributed by atoms with Crippen molar-refractivity contribution in [2.45, 2.75) is 24.6 Å². The fourth-order valence-electron chi connectivity index (χ4n) is 5.25. The number of nitrogens with zero attached hydrogens (tertiary/aromatic N) is 5. The molecule has 0 N–H and O–H groups in total. The molecule has 2 fully saturated rings. The molecule has 6 rings (SSSR count). The van der Waals surface area contributed by atoms with Gasteiger partial charge in [0.25, 0.3) is 0 Å². The normalized spacial score (nSPS) is 20.9. The number of ether oxygens (including phenoxy) is 3. The van der Waals surface area contributed by atoms with Gasteiger partial charge in [0.15, 0.2) is 0 Å². The Hall–Kier alpha value is -3.51. The fraction of sp³-hybridized carbons (Fsp3) is 0.333. The molecule has 2 aromatic heterocycles. The highest BCUT2D eigenvalue weighted by molar-refractivity contribution is 6.35. The lowest BCUT2D eigenvalue weighted by molar-refractivity contribution is -0.189. The first-order valence-electron chi connectivity index (χ1n) is 13.7. The average Bonchev–Trinajstić information content (AvgIpc) is 3.67. The average molecular weight is 634 g/mol. The third-order valence-electron chi connectivity index (χ3n) is 7.47. The zero-order valence-corrected chi connectivity index (χ0v) is 24.4. The van der Waals surface area contributed by atoms with Crippen molar-refractivity contribution in [3.63, 3.8) is 0 Å². The van der Waals surface area contributed by atoms with E-state index in [0.29, 0.717) is 66.5 Å². The van der Waals surface area contributed by atoms with E-state index in [1.54, 1.807) is 24.7 Å². The summed E-state index contributed by atoms with van der Waals surface area (Å²) in [7, 11) is 0. The second kappa shape index (κ2) is 12.2. The molecule has 13 heteroatoms. The van der Waals surface area contributed by atoms with Crippen LogP contribution in [0.25, 0.3) is 0 Å². The minimum atomic E-state index is -4.39. The van der Waals surface area contributed by atoms with E-state index in [-0.39, 0.29) is 12.7 Å². The van der Waals surface area contributed by atoms with E-state index in [1.165, 1.54) is 6.07 Å². The minimum Gasteiger partial charge on any atom is -0.491 e. The third kappa shape index (κ3) is 6.70. The number of hydrogen-bond acceptors (Lipinski definition) is 7. The number of imidazole rings is 1. The second-order valence-corrected chi connectivity index (χ2v) is 11.2. The van der Waals surface area contributed by atoms with Crippen molar-refractivity contribution < 1.29 is 27.4 Å². The molecule has 2 aliphatic heterocycles. The van der Waals surface area contributed by atoms with E-state index in [4.69, 9.17) is 37.4 Å². The van der Waals surface area contributed by atoms with Crippen LogP contribution in [0.2, 0.25) is 10.0 Å². The number of halogens is 5. The zero-order valence-electron chi connectivity index (χ0n) is 22.9. The molecule has 4 heterocycles. The van der Waals surface area contributed by atoms with Crippen molar-refractivity contribution in [1.82, 2.24) is 14.5 Å². The highest BCUT2D eigenvalue weighted by Crippen LogP contribution is 2.40. The van der Waals surface area contributed by atoms with Crippen LogP contribution in [0.4, 0.5) is 24.7 Å². The van der Waals surface area contributed by atoms with Gasteiger partial charge < -0.3 is 28.6 Å². The first-order chi connectivity index (χ1) is 20.7. The zero-order chi connectivity index (χ0) is 30.0. The van der Waals surface area contributed by atoms with Crippen LogP contribution in [0.15, 0.2) is 79.5 Å². The smallest absolute Gasteiger partial charge is 0.417 e. The number of alkyl halides is 3. The van der Waals surface area contributed by atoms with Crippen molar-refractivity contribution in [3.05, 3.63) is 101 Å². The van der Waals surface area contributed by atoms with Crippen LogP contribution < -0.4 is 14.5 Å². The molecule has 2 aliphatic rings. The molecule has 226 valence electrons. The molecule has 4 aromatic rings.